The van der Waals surface area contributed by atoms with E-state index >= 15 is 0 Å². The Morgan fingerprint density at radius 2 is 1.76 bits per heavy atom. The van der Waals surface area contributed by atoms with Gasteiger partial charge in [-0.05, 0) is 35.9 Å². The molecule has 2 N–H and O–H groups in total. The van der Waals surface area contributed by atoms with E-state index in [-0.39, 0.29) is 18.5 Å². The van der Waals surface area contributed by atoms with Crippen molar-refractivity contribution in [2.75, 3.05) is 24.5 Å². The fourth-order valence-corrected chi connectivity index (χ4v) is 3.13. The van der Waals surface area contributed by atoms with E-state index in [4.69, 9.17) is 0 Å². The van der Waals surface area contributed by atoms with Crippen molar-refractivity contribution in [1.82, 2.24) is 10.6 Å². The van der Waals surface area contributed by atoms with Crippen molar-refractivity contribution in [3.63, 3.8) is 0 Å². The zero-order chi connectivity index (χ0) is 21.2. The van der Waals surface area contributed by atoms with Gasteiger partial charge in [0.2, 0.25) is 0 Å². The lowest BCUT2D eigenvalue weighted by atomic mass is 9.83. The zero-order valence-electron chi connectivity index (χ0n) is 16.1. The van der Waals surface area contributed by atoms with Gasteiger partial charge in [-0.25, -0.2) is 4.79 Å². The fraction of sp³-hybridized carbons (Fsp3) is 0.333. The van der Waals surface area contributed by atoms with Crippen LogP contribution >= 0.6 is 0 Å². The van der Waals surface area contributed by atoms with Gasteiger partial charge in [-0.1, -0.05) is 32.0 Å². The maximum atomic E-state index is 13.0. The summed E-state index contributed by atoms with van der Waals surface area (Å²) in [6.07, 6.45) is -4.41. The van der Waals surface area contributed by atoms with Crippen molar-refractivity contribution in [2.45, 2.75) is 25.4 Å². The van der Waals surface area contributed by atoms with Crippen molar-refractivity contribution in [3.8, 4) is 0 Å². The Bertz CT molecular complexity index is 908. The first-order valence-corrected chi connectivity index (χ1v) is 9.19. The van der Waals surface area contributed by atoms with Gasteiger partial charge in [0.1, 0.15) is 0 Å². The molecule has 0 unspecified atom stereocenters. The molecule has 29 heavy (non-hydrogen) atoms. The molecule has 1 aliphatic heterocycles. The third-order valence-corrected chi connectivity index (χ3v) is 4.96. The predicted octanol–water partition coefficient (Wildman–Crippen LogP) is 3.94. The van der Waals surface area contributed by atoms with Crippen LogP contribution in [0.5, 0.6) is 0 Å². The molecule has 3 amide bonds. The molecular weight excluding hydrogens is 383 g/mol. The smallest absolute Gasteiger partial charge is 0.351 e. The topological polar surface area (TPSA) is 61.4 Å². The van der Waals surface area contributed by atoms with Crippen molar-refractivity contribution in [3.05, 3.63) is 65.2 Å². The fourth-order valence-electron chi connectivity index (χ4n) is 3.13. The second-order valence-corrected chi connectivity index (χ2v) is 7.58. The van der Waals surface area contributed by atoms with Gasteiger partial charge in [0.15, 0.2) is 0 Å². The number of hydrogen-bond acceptors (Lipinski definition) is 2. The number of carbonyl (C=O) groups is 2. The monoisotopic (exact) mass is 405 g/mol. The number of alkyl halides is 3. The quantitative estimate of drug-likeness (QED) is 0.792. The van der Waals surface area contributed by atoms with E-state index < -0.39 is 17.2 Å². The predicted molar refractivity (Wildman–Crippen MR) is 104 cm³/mol. The molecule has 0 saturated carbocycles. The Kier molecular flexibility index (Phi) is 5.55. The minimum absolute atomic E-state index is 0.170. The Labute approximate surface area is 166 Å². The SMILES string of the molecule is CC(C)(CNC(=O)c1ccc(N2CCNC2=O)cc1)c1cccc(C(F)(F)F)c1. The molecule has 0 atom stereocenters. The van der Waals surface area contributed by atoms with Crippen LogP contribution in [0.2, 0.25) is 0 Å². The van der Waals surface area contributed by atoms with Gasteiger partial charge in [0.25, 0.3) is 5.91 Å². The Morgan fingerprint density at radius 3 is 2.34 bits per heavy atom. The molecule has 1 saturated heterocycles. The second kappa shape index (κ2) is 7.77. The lowest BCUT2D eigenvalue weighted by molar-refractivity contribution is -0.137. The first-order chi connectivity index (χ1) is 13.6. The van der Waals surface area contributed by atoms with Crippen LogP contribution < -0.4 is 15.5 Å². The van der Waals surface area contributed by atoms with Crippen molar-refractivity contribution in [1.29, 1.82) is 0 Å². The largest absolute Gasteiger partial charge is 0.416 e. The standard InChI is InChI=1S/C21H22F3N3O2/c1-20(2,15-4-3-5-16(12-15)21(22,23)24)13-26-18(28)14-6-8-17(9-7-14)27-11-10-25-19(27)29/h3-9,12H,10-11,13H2,1-2H3,(H,25,29)(H,26,28). The minimum atomic E-state index is -4.41. The molecule has 1 fully saturated rings. The number of amides is 3. The third-order valence-electron chi connectivity index (χ3n) is 4.96. The number of anilines is 1. The summed E-state index contributed by atoms with van der Waals surface area (Å²) in [5, 5.41) is 5.49. The van der Waals surface area contributed by atoms with Crippen molar-refractivity contribution in [2.24, 2.45) is 0 Å². The number of urea groups is 1. The maximum absolute atomic E-state index is 13.0. The molecule has 154 valence electrons. The third kappa shape index (κ3) is 4.70. The summed E-state index contributed by atoms with van der Waals surface area (Å²) in [6, 6.07) is 11.6. The molecule has 3 rings (SSSR count). The van der Waals surface area contributed by atoms with Gasteiger partial charge in [0.05, 0.1) is 5.56 Å². The molecule has 0 spiro atoms. The lowest BCUT2D eigenvalue weighted by Crippen LogP contribution is -2.36. The van der Waals surface area contributed by atoms with E-state index in [2.05, 4.69) is 10.6 Å². The summed E-state index contributed by atoms with van der Waals surface area (Å²) >= 11 is 0. The summed E-state index contributed by atoms with van der Waals surface area (Å²) < 4.78 is 38.9. The summed E-state index contributed by atoms with van der Waals surface area (Å²) in [6.45, 7) is 4.86. The number of nitrogens with zero attached hydrogens (tertiary/aromatic N) is 1. The second-order valence-electron chi connectivity index (χ2n) is 7.58. The molecule has 0 radical (unpaired) electrons. The molecule has 1 heterocycles. The number of benzene rings is 2. The highest BCUT2D eigenvalue weighted by Gasteiger charge is 2.32. The maximum Gasteiger partial charge on any atom is 0.416 e. The molecule has 0 aliphatic carbocycles. The molecule has 1 aliphatic rings. The lowest BCUT2D eigenvalue weighted by Gasteiger charge is -2.26. The summed E-state index contributed by atoms with van der Waals surface area (Å²) in [4.78, 5) is 25.7. The first kappa shape index (κ1) is 20.7. The van der Waals surface area contributed by atoms with Crippen LogP contribution in [-0.4, -0.2) is 31.6 Å². The van der Waals surface area contributed by atoms with Gasteiger partial charge in [0, 0.05) is 36.3 Å². The van der Waals surface area contributed by atoms with Crippen LogP contribution in [0.25, 0.3) is 0 Å². The number of halogens is 3. The van der Waals surface area contributed by atoms with E-state index in [1.54, 1.807) is 49.1 Å². The van der Waals surface area contributed by atoms with Crippen LogP contribution in [0.4, 0.5) is 23.7 Å². The zero-order valence-corrected chi connectivity index (χ0v) is 16.1. The normalized spacial score (nSPS) is 14.7. The van der Waals surface area contributed by atoms with Crippen LogP contribution in [0.15, 0.2) is 48.5 Å². The van der Waals surface area contributed by atoms with Crippen molar-refractivity contribution < 1.29 is 22.8 Å². The van der Waals surface area contributed by atoms with E-state index in [1.807, 2.05) is 0 Å². The van der Waals surface area contributed by atoms with Gasteiger partial charge in [-0.2, -0.15) is 13.2 Å². The summed E-state index contributed by atoms with van der Waals surface area (Å²) in [5.41, 5.74) is 0.192. The summed E-state index contributed by atoms with van der Waals surface area (Å²) in [7, 11) is 0. The molecule has 2 aromatic carbocycles. The number of nitrogens with one attached hydrogen (secondary N) is 2. The summed E-state index contributed by atoms with van der Waals surface area (Å²) in [5.74, 6) is -0.331. The highest BCUT2D eigenvalue weighted by molar-refractivity contribution is 5.97. The van der Waals surface area contributed by atoms with Gasteiger partial charge < -0.3 is 10.6 Å². The highest BCUT2D eigenvalue weighted by Crippen LogP contribution is 2.32. The Balaban J connectivity index is 1.66. The first-order valence-electron chi connectivity index (χ1n) is 9.19. The number of hydrogen-bond donors (Lipinski definition) is 2. The molecule has 5 nitrogen and oxygen atoms in total. The average molecular weight is 405 g/mol. The molecule has 8 heteroatoms. The van der Waals surface area contributed by atoms with Crippen molar-refractivity contribution >= 4 is 17.6 Å². The number of rotatable bonds is 5. The Morgan fingerprint density at radius 1 is 1.10 bits per heavy atom. The van der Waals surface area contributed by atoms with Crippen LogP contribution in [0, 0.1) is 0 Å². The van der Waals surface area contributed by atoms with Crippen LogP contribution in [0.1, 0.15) is 35.3 Å². The van der Waals surface area contributed by atoms with Gasteiger partial charge in [-0.15, -0.1) is 0 Å². The van der Waals surface area contributed by atoms with E-state index in [0.717, 1.165) is 12.1 Å². The van der Waals surface area contributed by atoms with Gasteiger partial charge in [-0.3, -0.25) is 9.69 Å². The van der Waals surface area contributed by atoms with E-state index in [0.29, 0.717) is 29.9 Å². The van der Waals surface area contributed by atoms with Gasteiger partial charge >= 0.3 is 12.2 Å². The van der Waals surface area contributed by atoms with Crippen LogP contribution in [0.3, 0.4) is 0 Å². The highest BCUT2D eigenvalue weighted by atomic mass is 19.4. The molecular formula is C21H22F3N3O2. The molecule has 0 aromatic heterocycles. The molecule has 0 bridgehead atoms. The minimum Gasteiger partial charge on any atom is -0.351 e. The number of carbonyl (C=O) groups excluding carboxylic acids is 2. The Hall–Kier alpha value is -3.03. The molecule has 2 aromatic rings. The van der Waals surface area contributed by atoms with Crippen LogP contribution in [-0.2, 0) is 11.6 Å². The van der Waals surface area contributed by atoms with E-state index in [1.165, 1.54) is 6.07 Å². The van der Waals surface area contributed by atoms with E-state index in [9.17, 15) is 22.8 Å². The average Bonchev–Trinajstić information content (AvgIpc) is 3.11.